The van der Waals surface area contributed by atoms with Gasteiger partial charge in [-0.25, -0.2) is 0 Å². The Morgan fingerprint density at radius 3 is 2.64 bits per heavy atom. The molecular formula is C14H26. The van der Waals surface area contributed by atoms with E-state index in [1.807, 2.05) is 0 Å². The first-order chi connectivity index (χ1) is 6.72. The fraction of sp³-hybridized carbons (Fsp3) is 1.00. The van der Waals surface area contributed by atoms with E-state index < -0.39 is 0 Å². The molecule has 2 rings (SSSR count). The maximum Gasteiger partial charge on any atom is -0.0355 e. The van der Waals surface area contributed by atoms with Crippen LogP contribution in [0.4, 0.5) is 0 Å². The molecule has 5 unspecified atom stereocenters. The molecule has 0 aliphatic heterocycles. The van der Waals surface area contributed by atoms with Gasteiger partial charge in [-0.2, -0.15) is 0 Å². The average molecular weight is 194 g/mol. The number of hydrogen-bond donors (Lipinski definition) is 0. The Kier molecular flexibility index (Phi) is 3.19. The quantitative estimate of drug-likeness (QED) is 0.607. The highest BCUT2D eigenvalue weighted by molar-refractivity contribution is 4.90. The highest BCUT2D eigenvalue weighted by Crippen LogP contribution is 2.50. The zero-order valence-corrected chi connectivity index (χ0v) is 10.1. The lowest BCUT2D eigenvalue weighted by molar-refractivity contribution is 0.154. The molecule has 0 aromatic carbocycles. The molecule has 0 radical (unpaired) electrons. The van der Waals surface area contributed by atoms with Gasteiger partial charge in [0.15, 0.2) is 0 Å². The second-order valence-corrected chi connectivity index (χ2v) is 5.97. The van der Waals surface area contributed by atoms with Crippen molar-refractivity contribution in [3.8, 4) is 0 Å². The smallest absolute Gasteiger partial charge is 0.0355 e. The first-order valence-electron chi connectivity index (χ1n) is 6.72. The minimum absolute atomic E-state index is 0.985. The van der Waals surface area contributed by atoms with E-state index in [0.29, 0.717) is 0 Å². The van der Waals surface area contributed by atoms with E-state index in [-0.39, 0.29) is 0 Å². The van der Waals surface area contributed by atoms with Gasteiger partial charge < -0.3 is 0 Å². The summed E-state index contributed by atoms with van der Waals surface area (Å²) in [6, 6.07) is 0. The molecule has 0 aromatic heterocycles. The zero-order valence-electron chi connectivity index (χ0n) is 10.1. The summed E-state index contributed by atoms with van der Waals surface area (Å²) in [6.07, 6.45) is 9.07. The lowest BCUT2D eigenvalue weighted by Gasteiger charge is -2.34. The Bertz CT molecular complexity index is 184. The second kappa shape index (κ2) is 4.24. The summed E-state index contributed by atoms with van der Waals surface area (Å²) >= 11 is 0. The maximum atomic E-state index is 2.48. The Labute approximate surface area is 89.5 Å². The lowest BCUT2D eigenvalue weighted by atomic mass is 9.71. The van der Waals surface area contributed by atoms with Crippen LogP contribution in [0.3, 0.4) is 0 Å². The van der Waals surface area contributed by atoms with Gasteiger partial charge in [-0.3, -0.25) is 0 Å². The van der Waals surface area contributed by atoms with Crippen LogP contribution in [0.15, 0.2) is 0 Å². The molecule has 0 heterocycles. The largest absolute Gasteiger partial charge is 0.0651 e. The van der Waals surface area contributed by atoms with Crippen molar-refractivity contribution in [2.24, 2.45) is 29.6 Å². The predicted molar refractivity (Wildman–Crippen MR) is 62.2 cm³/mol. The second-order valence-electron chi connectivity index (χ2n) is 5.97. The van der Waals surface area contributed by atoms with Crippen molar-refractivity contribution in [1.29, 1.82) is 0 Å². The summed E-state index contributed by atoms with van der Waals surface area (Å²) in [5, 5.41) is 0. The van der Waals surface area contributed by atoms with Gasteiger partial charge in [0, 0.05) is 0 Å². The van der Waals surface area contributed by atoms with Crippen LogP contribution >= 0.6 is 0 Å². The van der Waals surface area contributed by atoms with Crippen LogP contribution < -0.4 is 0 Å². The number of rotatable bonds is 2. The third-order valence-corrected chi connectivity index (χ3v) is 5.10. The van der Waals surface area contributed by atoms with Gasteiger partial charge in [-0.15, -0.1) is 0 Å². The van der Waals surface area contributed by atoms with Crippen molar-refractivity contribution in [3.63, 3.8) is 0 Å². The molecule has 2 fully saturated rings. The normalized spacial score (nSPS) is 44.8. The minimum Gasteiger partial charge on any atom is -0.0651 e. The molecule has 2 saturated carbocycles. The van der Waals surface area contributed by atoms with Crippen molar-refractivity contribution < 1.29 is 0 Å². The van der Waals surface area contributed by atoms with Crippen molar-refractivity contribution in [3.05, 3.63) is 0 Å². The highest BCUT2D eigenvalue weighted by Gasteiger charge is 2.40. The van der Waals surface area contributed by atoms with E-state index in [9.17, 15) is 0 Å². The third-order valence-electron chi connectivity index (χ3n) is 5.10. The highest BCUT2D eigenvalue weighted by atomic mass is 14.5. The molecular weight excluding hydrogens is 168 g/mol. The first-order valence-corrected chi connectivity index (χ1v) is 6.72. The van der Waals surface area contributed by atoms with Crippen LogP contribution in [0.2, 0.25) is 0 Å². The molecule has 0 N–H and O–H groups in total. The summed E-state index contributed by atoms with van der Waals surface area (Å²) < 4.78 is 0. The molecule has 2 aliphatic carbocycles. The van der Waals surface area contributed by atoms with Crippen LogP contribution in [0, 0.1) is 29.6 Å². The molecule has 5 atom stereocenters. The Hall–Kier alpha value is 0. The summed E-state index contributed by atoms with van der Waals surface area (Å²) in [5.74, 6) is 5.31. The summed E-state index contributed by atoms with van der Waals surface area (Å²) in [4.78, 5) is 0. The van der Waals surface area contributed by atoms with E-state index in [0.717, 1.165) is 29.6 Å². The Morgan fingerprint density at radius 1 is 1.14 bits per heavy atom. The van der Waals surface area contributed by atoms with Gasteiger partial charge >= 0.3 is 0 Å². The van der Waals surface area contributed by atoms with E-state index >= 15 is 0 Å². The summed E-state index contributed by atoms with van der Waals surface area (Å²) in [6.45, 7) is 7.29. The Balaban J connectivity index is 1.98. The van der Waals surface area contributed by atoms with Crippen molar-refractivity contribution in [1.82, 2.24) is 0 Å². The van der Waals surface area contributed by atoms with Gasteiger partial charge in [0.05, 0.1) is 0 Å². The standard InChI is InChI=1S/C14H26/c1-4-11(3)13-8-6-12-9-10(2)5-7-14(12)13/h10-14H,4-9H2,1-3H3. The molecule has 0 aromatic rings. The van der Waals surface area contributed by atoms with Crippen LogP contribution in [0.5, 0.6) is 0 Å². The molecule has 0 saturated heterocycles. The monoisotopic (exact) mass is 194 g/mol. The predicted octanol–water partition coefficient (Wildman–Crippen LogP) is 4.49. The zero-order chi connectivity index (χ0) is 10.1. The van der Waals surface area contributed by atoms with Gasteiger partial charge in [0.2, 0.25) is 0 Å². The van der Waals surface area contributed by atoms with Crippen LogP contribution in [0.25, 0.3) is 0 Å². The molecule has 82 valence electrons. The molecule has 0 spiro atoms. The van der Waals surface area contributed by atoms with E-state index in [4.69, 9.17) is 0 Å². The SMILES string of the molecule is CCC(C)C1CCC2CC(C)CCC21. The maximum absolute atomic E-state index is 2.48. The first kappa shape index (κ1) is 10.5. The van der Waals surface area contributed by atoms with Crippen LogP contribution in [-0.2, 0) is 0 Å². The van der Waals surface area contributed by atoms with E-state index in [1.165, 1.54) is 25.7 Å². The fourth-order valence-electron chi connectivity index (χ4n) is 4.05. The van der Waals surface area contributed by atoms with E-state index in [2.05, 4.69) is 20.8 Å². The molecule has 0 amide bonds. The number of fused-ring (bicyclic) bond motifs is 1. The fourth-order valence-corrected chi connectivity index (χ4v) is 4.05. The summed E-state index contributed by atoms with van der Waals surface area (Å²) in [5.41, 5.74) is 0. The number of hydrogen-bond acceptors (Lipinski definition) is 0. The Morgan fingerprint density at radius 2 is 1.93 bits per heavy atom. The van der Waals surface area contributed by atoms with Crippen LogP contribution in [0.1, 0.15) is 59.3 Å². The molecule has 0 heteroatoms. The van der Waals surface area contributed by atoms with Gasteiger partial charge in [0.25, 0.3) is 0 Å². The summed E-state index contributed by atoms with van der Waals surface area (Å²) in [7, 11) is 0. The lowest BCUT2D eigenvalue weighted by Crippen LogP contribution is -2.26. The van der Waals surface area contributed by atoms with Crippen LogP contribution in [-0.4, -0.2) is 0 Å². The third kappa shape index (κ3) is 1.85. The molecule has 0 bridgehead atoms. The van der Waals surface area contributed by atoms with E-state index in [1.54, 1.807) is 12.8 Å². The van der Waals surface area contributed by atoms with Crippen molar-refractivity contribution >= 4 is 0 Å². The molecule has 14 heavy (non-hydrogen) atoms. The van der Waals surface area contributed by atoms with Gasteiger partial charge in [0.1, 0.15) is 0 Å². The van der Waals surface area contributed by atoms with Crippen molar-refractivity contribution in [2.75, 3.05) is 0 Å². The topological polar surface area (TPSA) is 0 Å². The van der Waals surface area contributed by atoms with Gasteiger partial charge in [-0.1, -0.05) is 33.6 Å². The van der Waals surface area contributed by atoms with Gasteiger partial charge in [-0.05, 0) is 55.3 Å². The molecule has 0 nitrogen and oxygen atoms in total. The minimum atomic E-state index is 0.985. The average Bonchev–Trinajstić information content (AvgIpc) is 2.59. The van der Waals surface area contributed by atoms with Crippen molar-refractivity contribution in [2.45, 2.75) is 59.3 Å². The molecule has 2 aliphatic rings.